The van der Waals surface area contributed by atoms with E-state index in [0.717, 1.165) is 10.6 Å². The van der Waals surface area contributed by atoms with Gasteiger partial charge in [-0.1, -0.05) is 12.7 Å². The highest BCUT2D eigenvalue weighted by Gasteiger charge is 1.85. The van der Waals surface area contributed by atoms with Crippen molar-refractivity contribution < 1.29 is 0 Å². The third-order valence-corrected chi connectivity index (χ3v) is 1.49. The molecule has 0 aromatic rings. The van der Waals surface area contributed by atoms with E-state index in [9.17, 15) is 0 Å². The van der Waals surface area contributed by atoms with Gasteiger partial charge in [-0.05, 0) is 12.5 Å². The molecule has 0 bridgehead atoms. The molecule has 0 atom stereocenters. The first-order chi connectivity index (χ1) is 3.72. The summed E-state index contributed by atoms with van der Waals surface area (Å²) in [5.74, 6) is 0. The van der Waals surface area contributed by atoms with Gasteiger partial charge in [0.1, 0.15) is 0 Å². The molecule has 0 rings (SSSR count). The van der Waals surface area contributed by atoms with Crippen molar-refractivity contribution in [2.24, 2.45) is 0 Å². The maximum absolute atomic E-state index is 4.10. The van der Waals surface area contributed by atoms with Crippen LogP contribution in [0.25, 0.3) is 0 Å². The van der Waals surface area contributed by atoms with Crippen LogP contribution in [0.5, 0.6) is 0 Å². The molecule has 0 heterocycles. The summed E-state index contributed by atoms with van der Waals surface area (Å²) in [5.41, 5.74) is 1.07. The molecule has 0 fully saturated rings. The first kappa shape index (κ1) is 7.63. The molecule has 0 aliphatic carbocycles. The zero-order valence-electron chi connectivity index (χ0n) is 5.23. The third kappa shape index (κ3) is 2.07. The monoisotopic (exact) mass is 129 g/mol. The van der Waals surface area contributed by atoms with E-state index in [4.69, 9.17) is 0 Å². The number of allylic oxidation sites excluding steroid dienone is 2. The first-order valence-corrected chi connectivity index (χ1v) is 2.87. The lowest BCUT2D eigenvalue weighted by Crippen LogP contribution is -2.00. The Morgan fingerprint density at radius 3 is 2.38 bits per heavy atom. The second-order valence-electron chi connectivity index (χ2n) is 1.49. The quantitative estimate of drug-likeness (QED) is 0.426. The number of nitrogens with one attached hydrogen (secondary N) is 1. The van der Waals surface area contributed by atoms with Gasteiger partial charge in [-0.15, -0.1) is 12.6 Å². The second-order valence-corrected chi connectivity index (χ2v) is 1.93. The molecular formula is C6H11NS. The van der Waals surface area contributed by atoms with Crippen LogP contribution in [0, 0.1) is 0 Å². The summed E-state index contributed by atoms with van der Waals surface area (Å²) in [6, 6.07) is 0. The highest BCUT2D eigenvalue weighted by atomic mass is 32.1. The summed E-state index contributed by atoms with van der Waals surface area (Å²) < 4.78 is 0. The molecule has 0 spiro atoms. The molecule has 8 heavy (non-hydrogen) atoms. The van der Waals surface area contributed by atoms with Crippen molar-refractivity contribution in [1.82, 2.24) is 5.32 Å². The van der Waals surface area contributed by atoms with Crippen molar-refractivity contribution >= 4 is 12.6 Å². The third-order valence-electron chi connectivity index (χ3n) is 0.917. The van der Waals surface area contributed by atoms with Gasteiger partial charge in [0, 0.05) is 7.05 Å². The number of thiol groups is 1. The van der Waals surface area contributed by atoms with Gasteiger partial charge in [-0.3, -0.25) is 0 Å². The zero-order chi connectivity index (χ0) is 6.57. The maximum atomic E-state index is 4.10. The van der Waals surface area contributed by atoms with Crippen molar-refractivity contribution in [3.05, 3.63) is 23.3 Å². The van der Waals surface area contributed by atoms with Crippen LogP contribution in [0.1, 0.15) is 6.92 Å². The van der Waals surface area contributed by atoms with Gasteiger partial charge in [-0.2, -0.15) is 0 Å². The fourth-order valence-electron chi connectivity index (χ4n) is 0.294. The van der Waals surface area contributed by atoms with Crippen molar-refractivity contribution in [2.45, 2.75) is 6.92 Å². The van der Waals surface area contributed by atoms with Gasteiger partial charge in [0.05, 0.1) is 5.03 Å². The number of hydrogen-bond donors (Lipinski definition) is 2. The Kier molecular flexibility index (Phi) is 3.44. The molecule has 0 saturated heterocycles. The molecule has 0 saturated carbocycles. The summed E-state index contributed by atoms with van der Waals surface area (Å²) in [6.45, 7) is 5.53. The molecule has 0 aromatic carbocycles. The first-order valence-electron chi connectivity index (χ1n) is 2.42. The van der Waals surface area contributed by atoms with E-state index >= 15 is 0 Å². The summed E-state index contributed by atoms with van der Waals surface area (Å²) >= 11 is 4.10. The van der Waals surface area contributed by atoms with Crippen molar-refractivity contribution in [3.63, 3.8) is 0 Å². The van der Waals surface area contributed by atoms with Gasteiger partial charge in [-0.25, -0.2) is 0 Å². The topological polar surface area (TPSA) is 12.0 Å². The Morgan fingerprint density at radius 1 is 1.75 bits per heavy atom. The van der Waals surface area contributed by atoms with Gasteiger partial charge in [0.25, 0.3) is 0 Å². The lowest BCUT2D eigenvalue weighted by atomic mass is 10.3. The van der Waals surface area contributed by atoms with E-state index in [1.165, 1.54) is 0 Å². The Hall–Kier alpha value is -0.370. The summed E-state index contributed by atoms with van der Waals surface area (Å²) in [6.07, 6.45) is 1.76. The van der Waals surface area contributed by atoms with E-state index in [0.29, 0.717) is 0 Å². The molecule has 0 aliphatic heterocycles. The van der Waals surface area contributed by atoms with Crippen molar-refractivity contribution in [2.75, 3.05) is 7.05 Å². The van der Waals surface area contributed by atoms with Crippen molar-refractivity contribution in [1.29, 1.82) is 0 Å². The minimum atomic E-state index is 0.875. The van der Waals surface area contributed by atoms with Gasteiger partial charge < -0.3 is 5.32 Å². The number of hydrogen-bond acceptors (Lipinski definition) is 2. The molecule has 0 amide bonds. The van der Waals surface area contributed by atoms with Crippen LogP contribution in [0.15, 0.2) is 23.3 Å². The standard InChI is InChI=1S/C6H11NS/c1-4-5(2)6(8)7-3/h4,7-8H,1H2,2-3H3/b6-5-. The molecule has 2 heteroatoms. The van der Waals surface area contributed by atoms with Crippen LogP contribution in [0.4, 0.5) is 0 Å². The SMILES string of the molecule is C=C/C(C)=C(\S)NC. The van der Waals surface area contributed by atoms with E-state index in [2.05, 4.69) is 24.5 Å². The normalized spacial score (nSPS) is 12.4. The molecule has 0 radical (unpaired) electrons. The lowest BCUT2D eigenvalue weighted by molar-refractivity contribution is 1.06. The molecule has 0 aromatic heterocycles. The molecule has 1 nitrogen and oxygen atoms in total. The van der Waals surface area contributed by atoms with E-state index in [1.54, 1.807) is 6.08 Å². The smallest absolute Gasteiger partial charge is 0.0677 e. The number of rotatable bonds is 2. The largest absolute Gasteiger partial charge is 0.383 e. The maximum Gasteiger partial charge on any atom is 0.0677 e. The minimum absolute atomic E-state index is 0.875. The van der Waals surface area contributed by atoms with Crippen molar-refractivity contribution in [3.8, 4) is 0 Å². The highest BCUT2D eigenvalue weighted by Crippen LogP contribution is 2.03. The van der Waals surface area contributed by atoms with Gasteiger partial charge in [0.2, 0.25) is 0 Å². The zero-order valence-corrected chi connectivity index (χ0v) is 6.13. The van der Waals surface area contributed by atoms with Crippen LogP contribution in [0.3, 0.4) is 0 Å². The molecular weight excluding hydrogens is 118 g/mol. The second kappa shape index (κ2) is 3.61. The van der Waals surface area contributed by atoms with Crippen LogP contribution in [-0.4, -0.2) is 7.05 Å². The Morgan fingerprint density at radius 2 is 2.25 bits per heavy atom. The molecule has 1 N–H and O–H groups in total. The van der Waals surface area contributed by atoms with Crippen LogP contribution >= 0.6 is 12.6 Å². The Labute approximate surface area is 55.9 Å². The molecule has 0 unspecified atom stereocenters. The minimum Gasteiger partial charge on any atom is -0.383 e. The average Bonchev–Trinajstić information content (AvgIpc) is 1.84. The fraction of sp³-hybridized carbons (Fsp3) is 0.333. The molecule has 0 aliphatic rings. The van der Waals surface area contributed by atoms with E-state index in [1.807, 2.05) is 14.0 Å². The summed E-state index contributed by atoms with van der Waals surface area (Å²) in [4.78, 5) is 0. The predicted molar refractivity (Wildman–Crippen MR) is 40.9 cm³/mol. The van der Waals surface area contributed by atoms with E-state index < -0.39 is 0 Å². The van der Waals surface area contributed by atoms with E-state index in [-0.39, 0.29) is 0 Å². The Bertz CT molecular complexity index is 116. The predicted octanol–water partition coefficient (Wildman–Crippen LogP) is 1.55. The summed E-state index contributed by atoms with van der Waals surface area (Å²) in [5, 5.41) is 3.76. The van der Waals surface area contributed by atoms with Crippen LogP contribution in [-0.2, 0) is 0 Å². The fourth-order valence-corrected chi connectivity index (χ4v) is 0.385. The van der Waals surface area contributed by atoms with Gasteiger partial charge >= 0.3 is 0 Å². The van der Waals surface area contributed by atoms with Crippen LogP contribution in [0.2, 0.25) is 0 Å². The molecule has 46 valence electrons. The Balaban J connectivity index is 4.03. The highest BCUT2D eigenvalue weighted by molar-refractivity contribution is 7.84. The van der Waals surface area contributed by atoms with Crippen LogP contribution < -0.4 is 5.32 Å². The summed E-state index contributed by atoms with van der Waals surface area (Å²) in [7, 11) is 1.83. The average molecular weight is 129 g/mol. The van der Waals surface area contributed by atoms with Gasteiger partial charge in [0.15, 0.2) is 0 Å². The lowest BCUT2D eigenvalue weighted by Gasteiger charge is -1.98.